The third-order valence-corrected chi connectivity index (χ3v) is 5.29. The van der Waals surface area contributed by atoms with Gasteiger partial charge in [-0.3, -0.25) is 14.1 Å². The number of hydrogen-bond donors (Lipinski definition) is 1. The maximum atomic E-state index is 12.1. The van der Waals surface area contributed by atoms with Crippen molar-refractivity contribution < 1.29 is 31.5 Å². The third-order valence-electron chi connectivity index (χ3n) is 4.30. The maximum absolute atomic E-state index is 12.1. The Bertz CT molecular complexity index is 1170. The molecule has 3 aromatic carbocycles. The Morgan fingerprint density at radius 1 is 0.750 bits per heavy atom. The molecule has 7 nitrogen and oxygen atoms in total. The Morgan fingerprint density at radius 2 is 1.22 bits per heavy atom. The van der Waals surface area contributed by atoms with Gasteiger partial charge in [0.15, 0.2) is 11.6 Å². The zero-order valence-corrected chi connectivity index (χ0v) is 18.7. The average Bonchev–Trinajstić information content (AvgIpc) is 2.76. The Labute approximate surface area is 194 Å². The molecule has 0 spiro atoms. The van der Waals surface area contributed by atoms with Crippen molar-refractivity contribution in [3.8, 4) is 5.75 Å². The van der Waals surface area contributed by atoms with E-state index < -0.39 is 10.4 Å². The summed E-state index contributed by atoms with van der Waals surface area (Å²) in [6.45, 7) is -0.376. The highest BCUT2D eigenvalue weighted by molar-refractivity contribution is 7.80. The molecular weight excluding hydrogens is 479 g/mol. The summed E-state index contributed by atoms with van der Waals surface area (Å²) in [6, 6.07) is 18.5. The number of hydrogen-bond acceptors (Lipinski definition) is 6. The summed E-state index contributed by atoms with van der Waals surface area (Å²) in [7, 11) is -4.43. The van der Waals surface area contributed by atoms with E-state index in [-0.39, 0.29) is 24.8 Å². The van der Waals surface area contributed by atoms with Gasteiger partial charge in [-0.1, -0.05) is 71.7 Å². The van der Waals surface area contributed by atoms with Crippen LogP contribution >= 0.6 is 23.2 Å². The van der Waals surface area contributed by atoms with Crippen LogP contribution in [0.25, 0.3) is 0 Å². The molecule has 1 aliphatic rings. The first kappa shape index (κ1) is 23.9. The average molecular weight is 495 g/mol. The Hall–Kier alpha value is -2.75. The highest BCUT2D eigenvalue weighted by Crippen LogP contribution is 2.28. The molecule has 10 heteroatoms. The fourth-order valence-electron chi connectivity index (χ4n) is 2.93. The SMILES string of the molecule is O=C1c2ccccc2C(=O)c2ccccc21.O=S(=O)(O)OCCOc1ccc(Cl)cc1Cl. The topological polar surface area (TPSA) is 107 Å². The van der Waals surface area contributed by atoms with Gasteiger partial charge in [0.05, 0.1) is 5.02 Å². The molecule has 0 fully saturated rings. The van der Waals surface area contributed by atoms with Crippen molar-refractivity contribution in [1.82, 2.24) is 0 Å². The summed E-state index contributed by atoms with van der Waals surface area (Å²) in [5, 5.41) is 0.769. The predicted molar refractivity (Wildman–Crippen MR) is 119 cm³/mol. The van der Waals surface area contributed by atoms with Crippen molar-refractivity contribution in [2.45, 2.75) is 0 Å². The van der Waals surface area contributed by atoms with Gasteiger partial charge in [-0.05, 0) is 18.2 Å². The maximum Gasteiger partial charge on any atom is 0.397 e. The van der Waals surface area contributed by atoms with E-state index >= 15 is 0 Å². The molecule has 32 heavy (non-hydrogen) atoms. The quantitative estimate of drug-likeness (QED) is 0.317. The first-order chi connectivity index (χ1) is 15.2. The normalized spacial score (nSPS) is 12.3. The molecule has 0 aromatic heterocycles. The second-order valence-corrected chi connectivity index (χ2v) is 8.36. The van der Waals surface area contributed by atoms with Gasteiger partial charge in [-0.2, -0.15) is 8.42 Å². The molecule has 0 saturated carbocycles. The third kappa shape index (κ3) is 5.93. The van der Waals surface area contributed by atoms with Crippen molar-refractivity contribution in [1.29, 1.82) is 0 Å². The summed E-state index contributed by atoms with van der Waals surface area (Å²) in [5.74, 6) is 0.224. The first-order valence-corrected chi connectivity index (χ1v) is 11.3. The standard InChI is InChI=1S/C14H8O2.C8H8Cl2O5S/c15-13-9-5-1-2-6-10(9)14(16)12-8-4-3-7-11(12)13;9-6-1-2-8(7(10)5-6)14-3-4-15-16(11,12)13/h1-8H;1-2,5H,3-4H2,(H,11,12,13). The molecule has 1 N–H and O–H groups in total. The van der Waals surface area contributed by atoms with E-state index in [2.05, 4.69) is 4.18 Å². The molecule has 0 radical (unpaired) electrons. The van der Waals surface area contributed by atoms with Crippen LogP contribution in [0, 0.1) is 0 Å². The van der Waals surface area contributed by atoms with Crippen LogP contribution in [0.1, 0.15) is 31.8 Å². The van der Waals surface area contributed by atoms with E-state index in [4.69, 9.17) is 32.5 Å². The molecule has 166 valence electrons. The van der Waals surface area contributed by atoms with Crippen LogP contribution in [0.3, 0.4) is 0 Å². The molecule has 0 amide bonds. The van der Waals surface area contributed by atoms with Crippen LogP contribution in [-0.2, 0) is 14.6 Å². The Kier molecular flexibility index (Phi) is 7.65. The number of carbonyl (C=O) groups is 2. The molecule has 0 heterocycles. The van der Waals surface area contributed by atoms with Crippen molar-refractivity contribution >= 4 is 45.2 Å². The molecule has 0 saturated heterocycles. The lowest BCUT2D eigenvalue weighted by molar-refractivity contribution is 0.0979. The predicted octanol–water partition coefficient (Wildman–Crippen LogP) is 4.65. The summed E-state index contributed by atoms with van der Waals surface area (Å²) in [6.07, 6.45) is 0. The number of carbonyl (C=O) groups excluding carboxylic acids is 2. The van der Waals surface area contributed by atoms with Gasteiger partial charge in [0, 0.05) is 27.3 Å². The number of rotatable bonds is 5. The van der Waals surface area contributed by atoms with Gasteiger partial charge in [-0.15, -0.1) is 0 Å². The van der Waals surface area contributed by atoms with Gasteiger partial charge in [0.1, 0.15) is 19.0 Å². The summed E-state index contributed by atoms with van der Waals surface area (Å²) in [4.78, 5) is 24.2. The van der Waals surface area contributed by atoms with Crippen molar-refractivity contribution in [2.75, 3.05) is 13.2 Å². The molecule has 0 aliphatic heterocycles. The second-order valence-electron chi connectivity index (χ2n) is 6.42. The Balaban J connectivity index is 0.000000181. The fourth-order valence-corrected chi connectivity index (χ4v) is 3.67. The highest BCUT2D eigenvalue weighted by Gasteiger charge is 2.28. The number of benzene rings is 3. The lowest BCUT2D eigenvalue weighted by atomic mass is 9.84. The monoisotopic (exact) mass is 494 g/mol. The van der Waals surface area contributed by atoms with Crippen LogP contribution in [0.5, 0.6) is 5.75 Å². The van der Waals surface area contributed by atoms with Gasteiger partial charge in [-0.25, -0.2) is 4.18 Å². The van der Waals surface area contributed by atoms with E-state index in [9.17, 15) is 18.0 Å². The van der Waals surface area contributed by atoms with Crippen LogP contribution < -0.4 is 4.74 Å². The second kappa shape index (κ2) is 10.2. The zero-order valence-electron chi connectivity index (χ0n) is 16.3. The minimum absolute atomic E-state index is 0.0641. The lowest BCUT2D eigenvalue weighted by Gasteiger charge is -2.16. The van der Waals surface area contributed by atoms with Crippen LogP contribution in [0.4, 0.5) is 0 Å². The summed E-state index contributed by atoms with van der Waals surface area (Å²) >= 11 is 11.4. The lowest BCUT2D eigenvalue weighted by Crippen LogP contribution is -2.20. The van der Waals surface area contributed by atoms with Gasteiger partial charge in [0.2, 0.25) is 0 Å². The fraction of sp³-hybridized carbons (Fsp3) is 0.0909. The van der Waals surface area contributed by atoms with Crippen molar-refractivity contribution in [3.05, 3.63) is 99.0 Å². The van der Waals surface area contributed by atoms with E-state index in [1.165, 1.54) is 12.1 Å². The molecular formula is C22H16Cl2O7S. The van der Waals surface area contributed by atoms with Crippen LogP contribution in [0.2, 0.25) is 10.0 Å². The van der Waals surface area contributed by atoms with Gasteiger partial charge < -0.3 is 4.74 Å². The number of halogens is 2. The van der Waals surface area contributed by atoms with E-state index in [1.807, 2.05) is 0 Å². The Morgan fingerprint density at radius 3 is 1.62 bits per heavy atom. The summed E-state index contributed by atoms with van der Waals surface area (Å²) in [5.41, 5.74) is 2.02. The molecule has 0 bridgehead atoms. The molecule has 3 aromatic rings. The minimum Gasteiger partial charge on any atom is -0.490 e. The molecule has 4 rings (SSSR count). The summed E-state index contributed by atoms with van der Waals surface area (Å²) < 4.78 is 37.8. The van der Waals surface area contributed by atoms with Crippen molar-refractivity contribution in [3.63, 3.8) is 0 Å². The molecule has 0 unspecified atom stereocenters. The largest absolute Gasteiger partial charge is 0.490 e. The van der Waals surface area contributed by atoms with E-state index in [1.54, 1.807) is 54.6 Å². The van der Waals surface area contributed by atoms with Crippen LogP contribution in [0.15, 0.2) is 66.7 Å². The van der Waals surface area contributed by atoms with Crippen LogP contribution in [-0.4, -0.2) is 37.8 Å². The number of fused-ring (bicyclic) bond motifs is 2. The van der Waals surface area contributed by atoms with E-state index in [0.29, 0.717) is 38.0 Å². The number of ketones is 2. The smallest absolute Gasteiger partial charge is 0.397 e. The molecule has 0 atom stereocenters. The minimum atomic E-state index is -4.43. The van der Waals surface area contributed by atoms with E-state index in [0.717, 1.165) is 0 Å². The highest BCUT2D eigenvalue weighted by atomic mass is 35.5. The first-order valence-electron chi connectivity index (χ1n) is 9.14. The zero-order chi connectivity index (χ0) is 23.3. The van der Waals surface area contributed by atoms with Gasteiger partial charge in [0.25, 0.3) is 0 Å². The van der Waals surface area contributed by atoms with Gasteiger partial charge >= 0.3 is 10.4 Å². The molecule has 1 aliphatic carbocycles. The number of ether oxygens (including phenoxy) is 1. The van der Waals surface area contributed by atoms with Crippen molar-refractivity contribution in [2.24, 2.45) is 0 Å².